The second-order valence-electron chi connectivity index (χ2n) is 8.67. The summed E-state index contributed by atoms with van der Waals surface area (Å²) in [6.07, 6.45) is 5.08. The van der Waals surface area contributed by atoms with Crippen molar-refractivity contribution >= 4 is 43.4 Å². The second-order valence-corrected chi connectivity index (χ2v) is 11.4. The monoisotopic (exact) mass is 509 g/mol. The molecule has 35 heavy (non-hydrogen) atoms. The van der Waals surface area contributed by atoms with E-state index in [1.807, 2.05) is 42.6 Å². The number of carbonyl (C=O) groups excluding carboxylic acids is 1. The molecule has 7 nitrogen and oxygen atoms in total. The molecule has 1 aliphatic rings. The van der Waals surface area contributed by atoms with Crippen molar-refractivity contribution < 1.29 is 17.6 Å². The maximum Gasteiger partial charge on any atom is 0.257 e. The summed E-state index contributed by atoms with van der Waals surface area (Å²) >= 11 is 1.30. The summed E-state index contributed by atoms with van der Waals surface area (Å²) in [7, 11) is -3.61. The molecule has 2 heterocycles. The fourth-order valence-electron chi connectivity index (χ4n) is 4.63. The molecule has 0 radical (unpaired) electrons. The Morgan fingerprint density at radius 3 is 2.57 bits per heavy atom. The van der Waals surface area contributed by atoms with Crippen LogP contribution in [0.5, 0.6) is 0 Å². The van der Waals surface area contributed by atoms with Gasteiger partial charge < -0.3 is 4.42 Å². The highest BCUT2D eigenvalue weighted by molar-refractivity contribution is 7.89. The van der Waals surface area contributed by atoms with Crippen LogP contribution < -0.4 is 5.32 Å². The number of furan rings is 1. The van der Waals surface area contributed by atoms with Crippen LogP contribution in [0.25, 0.3) is 22.4 Å². The fraction of sp³-hybridized carbons (Fsp3) is 0.308. The Kier molecular flexibility index (Phi) is 6.73. The minimum Gasteiger partial charge on any atom is -0.454 e. The summed E-state index contributed by atoms with van der Waals surface area (Å²) in [6.45, 7) is 2.31. The predicted molar refractivity (Wildman–Crippen MR) is 138 cm³/mol. The number of nitrogens with one attached hydrogen (secondary N) is 1. The summed E-state index contributed by atoms with van der Waals surface area (Å²) in [4.78, 5) is 17.5. The van der Waals surface area contributed by atoms with Gasteiger partial charge in [-0.2, -0.15) is 4.31 Å². The van der Waals surface area contributed by atoms with E-state index in [2.05, 4.69) is 10.3 Å². The second kappa shape index (κ2) is 9.93. The lowest BCUT2D eigenvalue weighted by atomic mass is 9.95. The maximum absolute atomic E-state index is 13.2. The van der Waals surface area contributed by atoms with Gasteiger partial charge in [-0.15, -0.1) is 11.3 Å². The summed E-state index contributed by atoms with van der Waals surface area (Å²) in [6, 6.07) is 15.8. The Morgan fingerprint density at radius 1 is 1.11 bits per heavy atom. The molecule has 0 unspecified atom stereocenters. The average molecular weight is 510 g/mol. The molecular formula is C26H27N3O4S2. The number of hydrogen-bond donors (Lipinski definition) is 1. The number of thiazole rings is 1. The molecule has 2 aromatic carbocycles. The van der Waals surface area contributed by atoms with Gasteiger partial charge in [0.05, 0.1) is 4.90 Å². The zero-order valence-electron chi connectivity index (χ0n) is 19.4. The van der Waals surface area contributed by atoms with E-state index in [0.717, 1.165) is 43.1 Å². The first-order valence-corrected chi connectivity index (χ1v) is 14.2. The number of para-hydroxylation sites is 1. The van der Waals surface area contributed by atoms with Crippen molar-refractivity contribution in [2.24, 2.45) is 0 Å². The van der Waals surface area contributed by atoms with Crippen molar-refractivity contribution in [3.63, 3.8) is 0 Å². The van der Waals surface area contributed by atoms with Gasteiger partial charge in [0.2, 0.25) is 10.0 Å². The van der Waals surface area contributed by atoms with E-state index in [4.69, 9.17) is 4.42 Å². The number of fused-ring (bicyclic) bond motifs is 1. The number of nitrogens with zero attached hydrogens (tertiary/aromatic N) is 2. The van der Waals surface area contributed by atoms with Gasteiger partial charge in [-0.05, 0) is 49.2 Å². The Labute approximate surface area is 208 Å². The average Bonchev–Trinajstić information content (AvgIpc) is 3.52. The minimum absolute atomic E-state index is 0.0487. The molecule has 1 amide bonds. The third-order valence-electron chi connectivity index (χ3n) is 6.42. The number of hydrogen-bond acceptors (Lipinski definition) is 6. The first-order chi connectivity index (χ1) is 17.0. The van der Waals surface area contributed by atoms with E-state index >= 15 is 0 Å². The normalized spacial score (nSPS) is 15.0. The molecule has 5 rings (SSSR count). The van der Waals surface area contributed by atoms with Crippen LogP contribution in [0.3, 0.4) is 0 Å². The molecule has 0 spiro atoms. The number of carbonyl (C=O) groups is 1. The molecule has 1 N–H and O–H groups in total. The first-order valence-electron chi connectivity index (χ1n) is 11.8. The third kappa shape index (κ3) is 4.89. The molecule has 0 aliphatic heterocycles. The zero-order valence-corrected chi connectivity index (χ0v) is 21.1. The molecule has 4 aromatic rings. The predicted octanol–water partition coefficient (Wildman–Crippen LogP) is 6.15. The number of benzene rings is 2. The molecule has 182 valence electrons. The van der Waals surface area contributed by atoms with Crippen LogP contribution >= 0.6 is 11.3 Å². The topological polar surface area (TPSA) is 92.5 Å². The molecular weight excluding hydrogens is 482 g/mol. The molecule has 0 saturated heterocycles. The Morgan fingerprint density at radius 2 is 1.86 bits per heavy atom. The number of rotatable bonds is 7. The van der Waals surface area contributed by atoms with Gasteiger partial charge in [-0.25, -0.2) is 13.4 Å². The van der Waals surface area contributed by atoms with E-state index in [1.54, 1.807) is 16.4 Å². The Hall–Kier alpha value is -3.01. The highest BCUT2D eigenvalue weighted by Crippen LogP contribution is 2.31. The highest BCUT2D eigenvalue weighted by Gasteiger charge is 2.31. The molecule has 2 aromatic heterocycles. The van der Waals surface area contributed by atoms with E-state index in [0.29, 0.717) is 28.7 Å². The smallest absolute Gasteiger partial charge is 0.257 e. The summed E-state index contributed by atoms with van der Waals surface area (Å²) < 4.78 is 33.9. The Bertz CT molecular complexity index is 1400. The van der Waals surface area contributed by atoms with Crippen molar-refractivity contribution in [2.45, 2.75) is 50.0 Å². The van der Waals surface area contributed by atoms with Crippen LogP contribution in [0.1, 0.15) is 49.4 Å². The van der Waals surface area contributed by atoms with Crippen LogP contribution in [0.4, 0.5) is 5.13 Å². The lowest BCUT2D eigenvalue weighted by Gasteiger charge is -2.32. The van der Waals surface area contributed by atoms with Gasteiger partial charge in [-0.1, -0.05) is 44.4 Å². The standard InChI is InChI=1S/C26H27N3O4S2/c1-2-29(20-9-4-3-5-10-20)35(31,32)21-14-12-18(13-15-21)25(30)28-26-27-22(17-34-26)24-16-19-8-6-7-11-23(19)33-24/h6-8,11-17,20H,2-5,9-10H2,1H3,(H,27,28,30). The van der Waals surface area contributed by atoms with Gasteiger partial charge in [0, 0.05) is 28.9 Å². The summed E-state index contributed by atoms with van der Waals surface area (Å²) in [5.41, 5.74) is 1.79. The molecule has 1 fully saturated rings. The largest absolute Gasteiger partial charge is 0.454 e. The SMILES string of the molecule is CCN(C1CCCCC1)S(=O)(=O)c1ccc(C(=O)Nc2nc(-c3cc4ccccc4o3)cs2)cc1. The van der Waals surface area contributed by atoms with Gasteiger partial charge >= 0.3 is 0 Å². The third-order valence-corrected chi connectivity index (χ3v) is 9.22. The summed E-state index contributed by atoms with van der Waals surface area (Å²) in [5, 5.41) is 6.05. The van der Waals surface area contributed by atoms with E-state index in [9.17, 15) is 13.2 Å². The minimum atomic E-state index is -3.61. The molecule has 0 atom stereocenters. The van der Waals surface area contributed by atoms with Crippen molar-refractivity contribution in [1.29, 1.82) is 0 Å². The van der Waals surface area contributed by atoms with Gasteiger partial charge in [0.25, 0.3) is 5.91 Å². The molecule has 1 saturated carbocycles. The van der Waals surface area contributed by atoms with Crippen molar-refractivity contribution in [3.05, 3.63) is 65.5 Å². The van der Waals surface area contributed by atoms with Crippen LogP contribution in [0.2, 0.25) is 0 Å². The van der Waals surface area contributed by atoms with E-state index < -0.39 is 10.0 Å². The number of sulfonamides is 1. The molecule has 9 heteroatoms. The van der Waals surface area contributed by atoms with Crippen LogP contribution in [-0.2, 0) is 10.0 Å². The highest BCUT2D eigenvalue weighted by atomic mass is 32.2. The quantitative estimate of drug-likeness (QED) is 0.322. The molecule has 1 aliphatic carbocycles. The van der Waals surface area contributed by atoms with Crippen molar-refractivity contribution in [1.82, 2.24) is 9.29 Å². The lowest BCUT2D eigenvalue weighted by Crippen LogP contribution is -2.41. The number of aromatic nitrogens is 1. The van der Waals surface area contributed by atoms with Crippen LogP contribution in [0, 0.1) is 0 Å². The van der Waals surface area contributed by atoms with E-state index in [-0.39, 0.29) is 16.8 Å². The van der Waals surface area contributed by atoms with Crippen molar-refractivity contribution in [3.8, 4) is 11.5 Å². The summed E-state index contributed by atoms with van der Waals surface area (Å²) in [5.74, 6) is 0.287. The van der Waals surface area contributed by atoms with Gasteiger partial charge in [-0.3, -0.25) is 10.1 Å². The van der Waals surface area contributed by atoms with Crippen molar-refractivity contribution in [2.75, 3.05) is 11.9 Å². The number of anilines is 1. The fourth-order valence-corrected chi connectivity index (χ4v) is 7.02. The zero-order chi connectivity index (χ0) is 24.4. The Balaban J connectivity index is 1.28. The van der Waals surface area contributed by atoms with Crippen LogP contribution in [0.15, 0.2) is 69.3 Å². The van der Waals surface area contributed by atoms with Crippen LogP contribution in [-0.4, -0.2) is 36.2 Å². The maximum atomic E-state index is 13.2. The number of amides is 1. The first kappa shape index (κ1) is 23.7. The van der Waals surface area contributed by atoms with Gasteiger partial charge in [0.15, 0.2) is 10.9 Å². The molecule has 0 bridgehead atoms. The van der Waals surface area contributed by atoms with Gasteiger partial charge in [0.1, 0.15) is 11.3 Å². The van der Waals surface area contributed by atoms with E-state index in [1.165, 1.54) is 23.5 Å². The lowest BCUT2D eigenvalue weighted by molar-refractivity contribution is 0.102.